The maximum Gasteiger partial charge on any atom is 0.338 e. The first kappa shape index (κ1) is 13.5. The number of rotatable bonds is 3. The standard InChI is InChI=1S/C13H15FN2O3/c14-11-6-9(2-3-10(11)13(18)19)7-16-5-1-4-15-12(17)8-16/h2-3,6H,1,4-5,7-8H2,(H,15,17)(H,18,19). The first-order valence-electron chi connectivity index (χ1n) is 6.07. The number of carbonyl (C=O) groups is 2. The van der Waals surface area contributed by atoms with E-state index in [1.807, 2.05) is 4.90 Å². The van der Waals surface area contributed by atoms with Crippen molar-refractivity contribution in [1.82, 2.24) is 10.2 Å². The second-order valence-corrected chi connectivity index (χ2v) is 4.53. The monoisotopic (exact) mass is 266 g/mol. The number of nitrogens with zero attached hydrogens (tertiary/aromatic N) is 1. The second kappa shape index (κ2) is 5.79. The first-order chi connectivity index (χ1) is 9.06. The van der Waals surface area contributed by atoms with E-state index in [1.165, 1.54) is 12.1 Å². The third kappa shape index (κ3) is 3.51. The Balaban J connectivity index is 2.08. The quantitative estimate of drug-likeness (QED) is 0.851. The molecule has 1 aromatic rings. The van der Waals surface area contributed by atoms with Crippen LogP contribution in [0.2, 0.25) is 0 Å². The molecule has 1 aliphatic rings. The lowest BCUT2D eigenvalue weighted by molar-refractivity contribution is -0.121. The number of hydrogen-bond donors (Lipinski definition) is 2. The van der Waals surface area contributed by atoms with Crippen molar-refractivity contribution in [3.8, 4) is 0 Å². The van der Waals surface area contributed by atoms with Crippen molar-refractivity contribution in [3.05, 3.63) is 35.1 Å². The number of carbonyl (C=O) groups excluding carboxylic acids is 1. The van der Waals surface area contributed by atoms with E-state index in [4.69, 9.17) is 5.11 Å². The molecule has 2 N–H and O–H groups in total. The Hall–Kier alpha value is -1.95. The molecule has 102 valence electrons. The van der Waals surface area contributed by atoms with Crippen LogP contribution in [-0.4, -0.2) is 41.5 Å². The highest BCUT2D eigenvalue weighted by molar-refractivity contribution is 5.87. The van der Waals surface area contributed by atoms with Gasteiger partial charge in [0.25, 0.3) is 0 Å². The van der Waals surface area contributed by atoms with E-state index in [-0.39, 0.29) is 18.0 Å². The lowest BCUT2D eigenvalue weighted by atomic mass is 10.1. The average Bonchev–Trinajstić information content (AvgIpc) is 2.53. The molecule has 0 aliphatic carbocycles. The Kier molecular flexibility index (Phi) is 4.11. The van der Waals surface area contributed by atoms with Gasteiger partial charge in [-0.1, -0.05) is 6.07 Å². The number of halogens is 1. The zero-order valence-electron chi connectivity index (χ0n) is 10.4. The van der Waals surface area contributed by atoms with Crippen molar-refractivity contribution in [3.63, 3.8) is 0 Å². The highest BCUT2D eigenvalue weighted by atomic mass is 19.1. The fourth-order valence-corrected chi connectivity index (χ4v) is 2.09. The van der Waals surface area contributed by atoms with Gasteiger partial charge in [0.05, 0.1) is 12.1 Å². The van der Waals surface area contributed by atoms with E-state index >= 15 is 0 Å². The predicted octanol–water partition coefficient (Wildman–Crippen LogP) is 0.846. The van der Waals surface area contributed by atoms with Gasteiger partial charge in [-0.2, -0.15) is 0 Å². The van der Waals surface area contributed by atoms with Crippen molar-refractivity contribution in [2.45, 2.75) is 13.0 Å². The van der Waals surface area contributed by atoms with Gasteiger partial charge in [0.15, 0.2) is 0 Å². The lowest BCUT2D eigenvalue weighted by Gasteiger charge is -2.18. The zero-order chi connectivity index (χ0) is 13.8. The molecular formula is C13H15FN2O3. The Labute approximate surface area is 110 Å². The molecule has 1 saturated heterocycles. The van der Waals surface area contributed by atoms with Gasteiger partial charge >= 0.3 is 5.97 Å². The van der Waals surface area contributed by atoms with Gasteiger partial charge in [-0.15, -0.1) is 0 Å². The van der Waals surface area contributed by atoms with Crippen molar-refractivity contribution >= 4 is 11.9 Å². The normalized spacial score (nSPS) is 16.8. The molecule has 1 fully saturated rings. The molecule has 0 atom stereocenters. The Bertz CT molecular complexity index is 505. The van der Waals surface area contributed by atoms with Gasteiger partial charge in [0, 0.05) is 19.6 Å². The van der Waals surface area contributed by atoms with E-state index in [0.29, 0.717) is 18.7 Å². The number of hydrogen-bond acceptors (Lipinski definition) is 3. The van der Waals surface area contributed by atoms with Crippen LogP contribution in [0.3, 0.4) is 0 Å². The van der Waals surface area contributed by atoms with E-state index < -0.39 is 11.8 Å². The highest BCUT2D eigenvalue weighted by Crippen LogP contribution is 2.13. The van der Waals surface area contributed by atoms with Crippen molar-refractivity contribution in [2.75, 3.05) is 19.6 Å². The highest BCUT2D eigenvalue weighted by Gasteiger charge is 2.16. The van der Waals surface area contributed by atoms with E-state index in [1.54, 1.807) is 6.07 Å². The largest absolute Gasteiger partial charge is 0.478 e. The molecule has 2 rings (SSSR count). The average molecular weight is 266 g/mol. The zero-order valence-corrected chi connectivity index (χ0v) is 10.4. The summed E-state index contributed by atoms with van der Waals surface area (Å²) in [6, 6.07) is 4.05. The topological polar surface area (TPSA) is 69.6 Å². The van der Waals surface area contributed by atoms with Crippen LogP contribution in [0.25, 0.3) is 0 Å². The molecular weight excluding hydrogens is 251 g/mol. The fourth-order valence-electron chi connectivity index (χ4n) is 2.09. The summed E-state index contributed by atoms with van der Waals surface area (Å²) < 4.78 is 13.5. The molecule has 0 spiro atoms. The molecule has 19 heavy (non-hydrogen) atoms. The van der Waals surface area contributed by atoms with Crippen LogP contribution in [-0.2, 0) is 11.3 Å². The second-order valence-electron chi connectivity index (χ2n) is 4.53. The number of benzene rings is 1. The predicted molar refractivity (Wildman–Crippen MR) is 66.3 cm³/mol. The molecule has 1 amide bonds. The summed E-state index contributed by atoms with van der Waals surface area (Å²) in [7, 11) is 0. The molecule has 0 saturated carbocycles. The minimum Gasteiger partial charge on any atom is -0.478 e. The number of amides is 1. The smallest absolute Gasteiger partial charge is 0.338 e. The molecule has 0 unspecified atom stereocenters. The SMILES string of the molecule is O=C1CN(Cc2ccc(C(=O)O)c(F)c2)CCCN1. The third-order valence-corrected chi connectivity index (χ3v) is 3.01. The van der Waals surface area contributed by atoms with Crippen LogP contribution in [0, 0.1) is 5.82 Å². The van der Waals surface area contributed by atoms with Crippen LogP contribution < -0.4 is 5.32 Å². The summed E-state index contributed by atoms with van der Waals surface area (Å²) >= 11 is 0. The van der Waals surface area contributed by atoms with Crippen LogP contribution in [0.5, 0.6) is 0 Å². The summed E-state index contributed by atoms with van der Waals surface area (Å²) in [4.78, 5) is 24.0. The minimum absolute atomic E-state index is 0.0415. The van der Waals surface area contributed by atoms with Gasteiger partial charge < -0.3 is 10.4 Å². The fraction of sp³-hybridized carbons (Fsp3) is 0.385. The number of carboxylic acid groups (broad SMARTS) is 1. The van der Waals surface area contributed by atoms with Crippen molar-refractivity contribution in [2.24, 2.45) is 0 Å². The van der Waals surface area contributed by atoms with Crippen molar-refractivity contribution < 1.29 is 19.1 Å². The number of nitrogens with one attached hydrogen (secondary N) is 1. The molecule has 0 aromatic heterocycles. The van der Waals surface area contributed by atoms with Gasteiger partial charge in [-0.3, -0.25) is 9.69 Å². The maximum absolute atomic E-state index is 13.5. The summed E-state index contributed by atoms with van der Waals surface area (Å²) in [6.07, 6.45) is 0.849. The summed E-state index contributed by atoms with van der Waals surface area (Å²) in [6.45, 7) is 2.12. The number of carboxylic acids is 1. The Morgan fingerprint density at radius 1 is 1.47 bits per heavy atom. The molecule has 1 heterocycles. The lowest BCUT2D eigenvalue weighted by Crippen LogP contribution is -2.32. The van der Waals surface area contributed by atoms with Crippen LogP contribution in [0.1, 0.15) is 22.3 Å². The van der Waals surface area contributed by atoms with E-state index in [0.717, 1.165) is 13.0 Å². The van der Waals surface area contributed by atoms with Crippen molar-refractivity contribution in [1.29, 1.82) is 0 Å². The Morgan fingerprint density at radius 2 is 2.26 bits per heavy atom. The van der Waals surface area contributed by atoms with Gasteiger partial charge in [0.2, 0.25) is 5.91 Å². The summed E-state index contributed by atoms with van der Waals surface area (Å²) in [5.74, 6) is -2.07. The van der Waals surface area contributed by atoms with Gasteiger partial charge in [0.1, 0.15) is 5.82 Å². The summed E-state index contributed by atoms with van der Waals surface area (Å²) in [5, 5.41) is 11.5. The number of aromatic carboxylic acids is 1. The minimum atomic E-state index is -1.28. The maximum atomic E-state index is 13.5. The molecule has 0 radical (unpaired) electrons. The Morgan fingerprint density at radius 3 is 2.95 bits per heavy atom. The van der Waals surface area contributed by atoms with Crippen LogP contribution in [0.15, 0.2) is 18.2 Å². The van der Waals surface area contributed by atoms with Gasteiger partial charge in [-0.25, -0.2) is 9.18 Å². The van der Waals surface area contributed by atoms with E-state index in [2.05, 4.69) is 5.32 Å². The third-order valence-electron chi connectivity index (χ3n) is 3.01. The molecule has 5 nitrogen and oxygen atoms in total. The molecule has 0 bridgehead atoms. The van der Waals surface area contributed by atoms with E-state index in [9.17, 15) is 14.0 Å². The molecule has 1 aliphatic heterocycles. The first-order valence-corrected chi connectivity index (χ1v) is 6.07. The van der Waals surface area contributed by atoms with Crippen LogP contribution in [0.4, 0.5) is 4.39 Å². The molecule has 1 aromatic carbocycles. The van der Waals surface area contributed by atoms with Crippen LogP contribution >= 0.6 is 0 Å². The van der Waals surface area contributed by atoms with Gasteiger partial charge in [-0.05, 0) is 24.1 Å². The molecule has 6 heteroatoms. The summed E-state index contributed by atoms with van der Waals surface area (Å²) in [5.41, 5.74) is 0.328.